The molecule has 1 saturated heterocycles. The summed E-state index contributed by atoms with van der Waals surface area (Å²) in [4.78, 5) is 19.4. The maximum absolute atomic E-state index is 13.1. The molecule has 10 nitrogen and oxygen atoms in total. The quantitative estimate of drug-likeness (QED) is 0.602. The molecule has 30 heavy (non-hydrogen) atoms. The molecule has 3 aromatic heterocycles. The third-order valence-electron chi connectivity index (χ3n) is 5.28. The Hall–Kier alpha value is -2.79. The minimum absolute atomic E-state index is 0.113. The molecule has 0 unspecified atom stereocenters. The largest absolute Gasteiger partial charge is 0.354 e. The molecule has 0 bridgehead atoms. The minimum atomic E-state index is -3.62. The van der Waals surface area contributed by atoms with Gasteiger partial charge in [-0.1, -0.05) is 13.8 Å². The number of aryl methyl sites for hydroxylation is 2. The van der Waals surface area contributed by atoms with Crippen molar-refractivity contribution < 1.29 is 8.42 Å². The number of hydrogen-bond donors (Lipinski definition) is 0. The van der Waals surface area contributed by atoms with E-state index in [2.05, 4.69) is 24.8 Å². The fraction of sp³-hybridized carbons (Fsp3) is 0.474. The lowest BCUT2D eigenvalue weighted by molar-refractivity contribution is 0.382. The Morgan fingerprint density at radius 3 is 2.33 bits per heavy atom. The topological polar surface area (TPSA) is 102 Å². The van der Waals surface area contributed by atoms with Gasteiger partial charge in [-0.25, -0.2) is 28.4 Å². The second-order valence-corrected chi connectivity index (χ2v) is 9.56. The number of aromatic nitrogens is 6. The van der Waals surface area contributed by atoms with E-state index in [0.29, 0.717) is 26.2 Å². The van der Waals surface area contributed by atoms with E-state index >= 15 is 0 Å². The van der Waals surface area contributed by atoms with Crippen molar-refractivity contribution in [3.8, 4) is 5.82 Å². The van der Waals surface area contributed by atoms with E-state index in [0.717, 1.165) is 23.3 Å². The molecule has 0 aliphatic carbocycles. The molecule has 0 saturated carbocycles. The van der Waals surface area contributed by atoms with Gasteiger partial charge in [-0.05, 0) is 6.92 Å². The van der Waals surface area contributed by atoms with Crippen LogP contribution in [0.4, 0.5) is 5.82 Å². The van der Waals surface area contributed by atoms with Crippen LogP contribution in [0.15, 0.2) is 36.0 Å². The van der Waals surface area contributed by atoms with Gasteiger partial charge in [0.05, 0.1) is 0 Å². The molecule has 3 aromatic rings. The van der Waals surface area contributed by atoms with E-state index in [1.165, 1.54) is 10.6 Å². The highest BCUT2D eigenvalue weighted by Gasteiger charge is 2.31. The van der Waals surface area contributed by atoms with Gasteiger partial charge in [0.1, 0.15) is 29.6 Å². The minimum Gasteiger partial charge on any atom is -0.354 e. The van der Waals surface area contributed by atoms with Gasteiger partial charge in [-0.3, -0.25) is 4.57 Å². The van der Waals surface area contributed by atoms with Crippen LogP contribution >= 0.6 is 0 Å². The van der Waals surface area contributed by atoms with Crippen molar-refractivity contribution in [1.29, 1.82) is 0 Å². The summed E-state index contributed by atoms with van der Waals surface area (Å²) in [6.45, 7) is 7.74. The number of nitrogens with zero attached hydrogens (tertiary/aromatic N) is 8. The SMILES string of the molecule is Cc1nccn1-c1cc(N2CCN(S(=O)(=O)c3cn(C)c(C(C)C)n3)CC2)ncn1. The number of piperazine rings is 1. The lowest BCUT2D eigenvalue weighted by atomic mass is 10.2. The first-order valence-electron chi connectivity index (χ1n) is 9.88. The summed E-state index contributed by atoms with van der Waals surface area (Å²) >= 11 is 0. The predicted molar refractivity (Wildman–Crippen MR) is 112 cm³/mol. The van der Waals surface area contributed by atoms with Crippen molar-refractivity contribution in [2.45, 2.75) is 31.7 Å². The first kappa shape index (κ1) is 20.5. The molecule has 11 heteroatoms. The summed E-state index contributed by atoms with van der Waals surface area (Å²) in [6, 6.07) is 1.90. The average Bonchev–Trinajstić information content (AvgIpc) is 3.34. The van der Waals surface area contributed by atoms with Crippen molar-refractivity contribution in [1.82, 2.24) is 33.4 Å². The molecule has 1 aliphatic rings. The molecule has 4 heterocycles. The average molecular weight is 431 g/mol. The van der Waals surface area contributed by atoms with Gasteiger partial charge in [0.15, 0.2) is 5.03 Å². The summed E-state index contributed by atoms with van der Waals surface area (Å²) in [5, 5.41) is 0.113. The maximum Gasteiger partial charge on any atom is 0.262 e. The summed E-state index contributed by atoms with van der Waals surface area (Å²) in [5.74, 6) is 3.26. The Labute approximate surface area is 176 Å². The smallest absolute Gasteiger partial charge is 0.262 e. The third kappa shape index (κ3) is 3.70. The van der Waals surface area contributed by atoms with Gasteiger partial charge in [0, 0.05) is 63.8 Å². The van der Waals surface area contributed by atoms with Gasteiger partial charge in [0.2, 0.25) is 0 Å². The van der Waals surface area contributed by atoms with Crippen LogP contribution in [-0.2, 0) is 17.1 Å². The van der Waals surface area contributed by atoms with E-state index in [-0.39, 0.29) is 10.9 Å². The highest BCUT2D eigenvalue weighted by molar-refractivity contribution is 7.89. The predicted octanol–water partition coefficient (Wildman–Crippen LogP) is 1.34. The Balaban J connectivity index is 1.49. The Morgan fingerprint density at radius 1 is 1.03 bits per heavy atom. The van der Waals surface area contributed by atoms with Gasteiger partial charge in [-0.15, -0.1) is 0 Å². The van der Waals surface area contributed by atoms with Crippen molar-refractivity contribution in [2.75, 3.05) is 31.1 Å². The molecule has 1 fully saturated rings. The number of imidazole rings is 2. The van der Waals surface area contributed by atoms with E-state index < -0.39 is 10.0 Å². The summed E-state index contributed by atoms with van der Waals surface area (Å²) in [6.07, 6.45) is 6.70. The van der Waals surface area contributed by atoms with Crippen LogP contribution in [-0.4, -0.2) is 68.0 Å². The normalized spacial score (nSPS) is 15.8. The van der Waals surface area contributed by atoms with Crippen molar-refractivity contribution in [3.63, 3.8) is 0 Å². The van der Waals surface area contributed by atoms with E-state index in [1.54, 1.807) is 17.0 Å². The summed E-state index contributed by atoms with van der Waals surface area (Å²) in [5.41, 5.74) is 0. The summed E-state index contributed by atoms with van der Waals surface area (Å²) in [7, 11) is -1.80. The maximum atomic E-state index is 13.1. The van der Waals surface area contributed by atoms with Crippen molar-refractivity contribution in [3.05, 3.63) is 42.6 Å². The molecule has 0 radical (unpaired) electrons. The van der Waals surface area contributed by atoms with Crippen LogP contribution in [0, 0.1) is 6.92 Å². The van der Waals surface area contributed by atoms with Crippen LogP contribution in [0.5, 0.6) is 0 Å². The fourth-order valence-electron chi connectivity index (χ4n) is 3.66. The monoisotopic (exact) mass is 430 g/mol. The van der Waals surface area contributed by atoms with Crippen LogP contribution < -0.4 is 4.90 Å². The third-order valence-corrected chi connectivity index (χ3v) is 7.05. The first-order chi connectivity index (χ1) is 14.3. The van der Waals surface area contributed by atoms with Gasteiger partial charge in [0.25, 0.3) is 10.0 Å². The first-order valence-corrected chi connectivity index (χ1v) is 11.3. The Morgan fingerprint density at radius 2 is 1.73 bits per heavy atom. The molecule has 0 aromatic carbocycles. The summed E-state index contributed by atoms with van der Waals surface area (Å²) < 4.78 is 31.3. The van der Waals surface area contributed by atoms with E-state index in [9.17, 15) is 8.42 Å². The Kier molecular flexibility index (Phi) is 5.33. The molecular formula is C19H26N8O2S. The molecule has 160 valence electrons. The van der Waals surface area contributed by atoms with Gasteiger partial charge < -0.3 is 9.47 Å². The zero-order valence-corrected chi connectivity index (χ0v) is 18.4. The van der Waals surface area contributed by atoms with Crippen LogP contribution in [0.3, 0.4) is 0 Å². The molecule has 0 spiro atoms. The van der Waals surface area contributed by atoms with Gasteiger partial charge in [-0.2, -0.15) is 4.31 Å². The molecular weight excluding hydrogens is 404 g/mol. The second kappa shape index (κ2) is 7.80. The van der Waals surface area contributed by atoms with Crippen molar-refractivity contribution >= 4 is 15.8 Å². The zero-order chi connectivity index (χ0) is 21.5. The molecule has 0 N–H and O–H groups in total. The van der Waals surface area contributed by atoms with Crippen LogP contribution in [0.25, 0.3) is 5.82 Å². The highest BCUT2D eigenvalue weighted by Crippen LogP contribution is 2.22. The molecule has 0 atom stereocenters. The second-order valence-electron chi connectivity index (χ2n) is 7.67. The Bertz CT molecular complexity index is 1140. The van der Waals surface area contributed by atoms with Gasteiger partial charge >= 0.3 is 0 Å². The number of rotatable bonds is 5. The van der Waals surface area contributed by atoms with Crippen LogP contribution in [0.2, 0.25) is 0 Å². The lowest BCUT2D eigenvalue weighted by Gasteiger charge is -2.34. The highest BCUT2D eigenvalue weighted by atomic mass is 32.2. The van der Waals surface area contributed by atoms with Crippen molar-refractivity contribution in [2.24, 2.45) is 7.05 Å². The molecule has 4 rings (SSSR count). The number of sulfonamides is 1. The zero-order valence-electron chi connectivity index (χ0n) is 17.6. The fourth-order valence-corrected chi connectivity index (χ4v) is 5.07. The number of hydrogen-bond acceptors (Lipinski definition) is 7. The van der Waals surface area contributed by atoms with E-state index in [4.69, 9.17) is 0 Å². The van der Waals surface area contributed by atoms with E-state index in [1.807, 2.05) is 44.6 Å². The molecule has 0 amide bonds. The lowest BCUT2D eigenvalue weighted by Crippen LogP contribution is -2.49. The standard InChI is InChI=1S/C19H26N8O2S/c1-14(2)19-23-18(12-24(19)4)30(28,29)26-9-7-25(8-10-26)16-11-17(22-13-21-16)27-6-5-20-15(27)3/h5-6,11-14H,7-10H2,1-4H3. The number of anilines is 1. The molecule has 1 aliphatic heterocycles. The van der Waals surface area contributed by atoms with Crippen LogP contribution in [0.1, 0.15) is 31.4 Å².